The van der Waals surface area contributed by atoms with Crippen LogP contribution >= 0.6 is 27.3 Å². The minimum atomic E-state index is -0.489. The number of nitro benzene ring substituents is 1. The number of benzene rings is 3. The van der Waals surface area contributed by atoms with E-state index < -0.39 is 4.92 Å². The third-order valence-corrected chi connectivity index (χ3v) is 8.27. The Labute approximate surface area is 224 Å². The summed E-state index contributed by atoms with van der Waals surface area (Å²) in [5.41, 5.74) is 5.66. The number of rotatable bonds is 4. The second-order valence-electron chi connectivity index (χ2n) is 8.85. The van der Waals surface area contributed by atoms with E-state index in [1.165, 1.54) is 30.1 Å². The van der Waals surface area contributed by atoms with Gasteiger partial charge < -0.3 is 4.74 Å². The highest BCUT2D eigenvalue weighted by molar-refractivity contribution is 9.10. The molecule has 0 bridgehead atoms. The average molecular weight is 574 g/mol. The van der Waals surface area contributed by atoms with Crippen molar-refractivity contribution in [3.05, 3.63) is 129 Å². The first-order valence-corrected chi connectivity index (χ1v) is 13.3. The lowest BCUT2D eigenvalue weighted by Crippen LogP contribution is -2.38. The molecule has 1 aliphatic carbocycles. The van der Waals surface area contributed by atoms with Crippen molar-refractivity contribution < 1.29 is 9.66 Å². The molecule has 2 aliphatic rings. The first kappa shape index (κ1) is 23.6. The van der Waals surface area contributed by atoms with Crippen LogP contribution in [-0.4, -0.2) is 16.6 Å². The van der Waals surface area contributed by atoms with Crippen LogP contribution < -0.4 is 19.6 Å². The molecule has 0 amide bonds. The van der Waals surface area contributed by atoms with Gasteiger partial charge in [0, 0.05) is 16.1 Å². The van der Waals surface area contributed by atoms with Crippen molar-refractivity contribution in [2.75, 3.05) is 7.11 Å². The summed E-state index contributed by atoms with van der Waals surface area (Å²) in [6, 6.07) is 20.7. The molecule has 1 aliphatic heterocycles. The largest absolute Gasteiger partial charge is 0.490 e. The number of nitro groups is 1. The molecule has 9 heteroatoms. The number of methoxy groups -OCH3 is 1. The van der Waals surface area contributed by atoms with E-state index in [1.807, 2.05) is 36.4 Å². The maximum Gasteiger partial charge on any atom is 0.311 e. The molecule has 0 radical (unpaired) electrons. The molecule has 3 aromatic carbocycles. The normalized spacial score (nSPS) is 16.5. The van der Waals surface area contributed by atoms with Gasteiger partial charge in [-0.2, -0.15) is 0 Å². The third kappa shape index (κ3) is 4.04. The Morgan fingerprint density at radius 1 is 1.14 bits per heavy atom. The van der Waals surface area contributed by atoms with Crippen LogP contribution in [0.3, 0.4) is 0 Å². The van der Waals surface area contributed by atoms with E-state index in [1.54, 1.807) is 22.8 Å². The number of aryl methyl sites for hydroxylation is 1. The Kier molecular flexibility index (Phi) is 5.89. The molecule has 37 heavy (non-hydrogen) atoms. The SMILES string of the molecule is COc1ccc(/C=c2\sc3n(c2=O)[C@@H](c2ccc(Br)cc2)C2=C(N=3)c3ccccc3CC2)cc1[N+](=O)[O-]. The van der Waals surface area contributed by atoms with Crippen LogP contribution in [0.4, 0.5) is 5.69 Å². The zero-order valence-corrected chi connectivity index (χ0v) is 22.1. The summed E-state index contributed by atoms with van der Waals surface area (Å²) in [5.74, 6) is 0.171. The van der Waals surface area contributed by atoms with Gasteiger partial charge in [0.25, 0.3) is 5.56 Å². The van der Waals surface area contributed by atoms with Crippen molar-refractivity contribution in [2.45, 2.75) is 18.9 Å². The quantitative estimate of drug-likeness (QED) is 0.254. The fraction of sp³-hybridized carbons (Fsp3) is 0.143. The fourth-order valence-corrected chi connectivity index (χ4v) is 6.32. The lowest BCUT2D eigenvalue weighted by molar-refractivity contribution is -0.385. The summed E-state index contributed by atoms with van der Waals surface area (Å²) >= 11 is 4.81. The average Bonchev–Trinajstić information content (AvgIpc) is 3.22. The zero-order chi connectivity index (χ0) is 25.7. The summed E-state index contributed by atoms with van der Waals surface area (Å²) in [5, 5.41) is 11.5. The highest BCUT2D eigenvalue weighted by Gasteiger charge is 2.32. The second kappa shape index (κ2) is 9.24. The van der Waals surface area contributed by atoms with E-state index in [2.05, 4.69) is 28.1 Å². The molecular formula is C28H20BrN3O4S. The van der Waals surface area contributed by atoms with Gasteiger partial charge in [-0.05, 0) is 59.4 Å². The molecule has 6 rings (SSSR count). The maximum absolute atomic E-state index is 13.8. The molecule has 0 N–H and O–H groups in total. The number of hydrogen-bond acceptors (Lipinski definition) is 6. The van der Waals surface area contributed by atoms with Gasteiger partial charge in [0.15, 0.2) is 10.6 Å². The smallest absolute Gasteiger partial charge is 0.311 e. The molecular weight excluding hydrogens is 554 g/mol. The highest BCUT2D eigenvalue weighted by Crippen LogP contribution is 2.41. The van der Waals surface area contributed by atoms with Gasteiger partial charge in [-0.15, -0.1) is 0 Å². The van der Waals surface area contributed by atoms with Crippen molar-refractivity contribution in [3.8, 4) is 5.75 Å². The van der Waals surface area contributed by atoms with E-state index in [4.69, 9.17) is 9.73 Å². The Balaban J connectivity index is 1.58. The molecule has 4 aromatic rings. The maximum atomic E-state index is 13.8. The molecule has 0 saturated heterocycles. The van der Waals surface area contributed by atoms with Gasteiger partial charge in [-0.25, -0.2) is 4.99 Å². The number of thiazole rings is 1. The Morgan fingerprint density at radius 3 is 2.68 bits per heavy atom. The minimum absolute atomic E-state index is 0.149. The Hall–Kier alpha value is -3.82. The fourth-order valence-electron chi connectivity index (χ4n) is 5.06. The van der Waals surface area contributed by atoms with Crippen LogP contribution in [0.1, 0.15) is 34.7 Å². The molecule has 1 aromatic heterocycles. The van der Waals surface area contributed by atoms with Crippen molar-refractivity contribution in [2.24, 2.45) is 4.99 Å². The van der Waals surface area contributed by atoms with Gasteiger partial charge in [0.05, 0.1) is 28.3 Å². The number of allylic oxidation sites excluding steroid dienone is 1. The van der Waals surface area contributed by atoms with Crippen LogP contribution in [0.15, 0.2) is 86.6 Å². The first-order chi connectivity index (χ1) is 17.9. The van der Waals surface area contributed by atoms with E-state index in [-0.39, 0.29) is 23.0 Å². The van der Waals surface area contributed by atoms with Gasteiger partial charge in [0.1, 0.15) is 0 Å². The van der Waals surface area contributed by atoms with Crippen LogP contribution in [0, 0.1) is 10.1 Å². The van der Waals surface area contributed by atoms with Gasteiger partial charge in [-0.1, -0.05) is 69.7 Å². The summed E-state index contributed by atoms with van der Waals surface area (Å²) < 4.78 is 8.31. The Bertz CT molecular complexity index is 1790. The number of hydrogen-bond donors (Lipinski definition) is 0. The van der Waals surface area contributed by atoms with Crippen LogP contribution in [-0.2, 0) is 6.42 Å². The van der Waals surface area contributed by atoms with Gasteiger partial charge in [-0.3, -0.25) is 19.5 Å². The van der Waals surface area contributed by atoms with E-state index in [0.717, 1.165) is 39.7 Å². The first-order valence-electron chi connectivity index (χ1n) is 11.7. The number of fused-ring (bicyclic) bond motifs is 3. The molecule has 1 atom stereocenters. The lowest BCUT2D eigenvalue weighted by atomic mass is 9.83. The van der Waals surface area contributed by atoms with E-state index in [9.17, 15) is 14.9 Å². The predicted molar refractivity (Wildman–Crippen MR) is 147 cm³/mol. The summed E-state index contributed by atoms with van der Waals surface area (Å²) in [6.07, 6.45) is 3.38. The summed E-state index contributed by atoms with van der Waals surface area (Å²) in [7, 11) is 1.39. The molecule has 184 valence electrons. The number of nitrogens with zero attached hydrogens (tertiary/aromatic N) is 3. The van der Waals surface area contributed by atoms with E-state index >= 15 is 0 Å². The zero-order valence-electron chi connectivity index (χ0n) is 19.7. The highest BCUT2D eigenvalue weighted by atomic mass is 79.9. The number of aromatic nitrogens is 1. The van der Waals surface area contributed by atoms with Gasteiger partial charge in [0.2, 0.25) is 0 Å². The molecule has 0 saturated carbocycles. The van der Waals surface area contributed by atoms with Crippen molar-refractivity contribution in [3.63, 3.8) is 0 Å². The minimum Gasteiger partial charge on any atom is -0.490 e. The monoisotopic (exact) mass is 573 g/mol. The van der Waals surface area contributed by atoms with Crippen molar-refractivity contribution >= 4 is 44.7 Å². The number of ether oxygens (including phenoxy) is 1. The van der Waals surface area contributed by atoms with Crippen molar-refractivity contribution in [1.29, 1.82) is 0 Å². The second-order valence-corrected chi connectivity index (χ2v) is 10.8. The van der Waals surface area contributed by atoms with Crippen LogP contribution in [0.5, 0.6) is 5.75 Å². The van der Waals surface area contributed by atoms with Crippen molar-refractivity contribution in [1.82, 2.24) is 4.57 Å². The number of halogens is 1. The third-order valence-electron chi connectivity index (χ3n) is 6.76. The summed E-state index contributed by atoms with van der Waals surface area (Å²) in [4.78, 5) is 30.5. The lowest BCUT2D eigenvalue weighted by Gasteiger charge is -2.30. The molecule has 2 heterocycles. The summed E-state index contributed by atoms with van der Waals surface area (Å²) in [6.45, 7) is 0. The molecule has 0 fully saturated rings. The van der Waals surface area contributed by atoms with Gasteiger partial charge >= 0.3 is 5.69 Å². The standard InChI is InChI=1S/C28H20BrN3O4S/c1-36-23-13-6-16(14-22(23)32(34)35)15-24-27(33)31-26(18-7-10-19(29)11-8-18)21-12-9-17-4-2-3-5-20(17)25(21)30-28(31)37-24/h2-8,10-11,13-15,26H,9,12H2,1H3/b24-15-/t26-/m0/s1. The van der Waals surface area contributed by atoms with Crippen LogP contribution in [0.25, 0.3) is 11.8 Å². The van der Waals surface area contributed by atoms with Crippen LogP contribution in [0.2, 0.25) is 0 Å². The Morgan fingerprint density at radius 2 is 1.92 bits per heavy atom. The molecule has 0 spiro atoms. The molecule has 0 unspecified atom stereocenters. The molecule has 7 nitrogen and oxygen atoms in total. The topological polar surface area (TPSA) is 86.7 Å². The predicted octanol–water partition coefficient (Wildman–Crippen LogP) is 5.00. The van der Waals surface area contributed by atoms with E-state index in [0.29, 0.717) is 14.9 Å².